The highest BCUT2D eigenvalue weighted by Gasteiger charge is 2.25. The van der Waals surface area contributed by atoms with Gasteiger partial charge in [-0.1, -0.05) is 27.7 Å². The summed E-state index contributed by atoms with van der Waals surface area (Å²) in [6.07, 6.45) is 4.35. The second-order valence-electron chi connectivity index (χ2n) is 6.41. The van der Waals surface area contributed by atoms with Gasteiger partial charge in [-0.25, -0.2) is 0 Å². The molecule has 0 heterocycles. The Morgan fingerprint density at radius 1 is 1.26 bits per heavy atom. The molecule has 3 unspecified atom stereocenters. The van der Waals surface area contributed by atoms with Gasteiger partial charge in [0.2, 0.25) is 0 Å². The van der Waals surface area contributed by atoms with Gasteiger partial charge in [-0.05, 0) is 37.5 Å². The van der Waals surface area contributed by atoms with Crippen LogP contribution in [0, 0.1) is 11.8 Å². The summed E-state index contributed by atoms with van der Waals surface area (Å²) in [7, 11) is 0. The summed E-state index contributed by atoms with van der Waals surface area (Å²) < 4.78 is 5.88. The van der Waals surface area contributed by atoms with E-state index < -0.39 is 12.0 Å². The van der Waals surface area contributed by atoms with Crippen molar-refractivity contribution in [1.82, 2.24) is 5.32 Å². The van der Waals surface area contributed by atoms with Crippen molar-refractivity contribution >= 4 is 5.97 Å². The van der Waals surface area contributed by atoms with Crippen LogP contribution in [-0.2, 0) is 9.53 Å². The lowest BCUT2D eigenvalue weighted by Gasteiger charge is -2.31. The number of hydrogen-bond donors (Lipinski definition) is 2. The highest BCUT2D eigenvalue weighted by Crippen LogP contribution is 2.30. The lowest BCUT2D eigenvalue weighted by Crippen LogP contribution is -2.42. The van der Waals surface area contributed by atoms with Crippen LogP contribution in [0.15, 0.2) is 0 Å². The van der Waals surface area contributed by atoms with E-state index >= 15 is 0 Å². The fourth-order valence-corrected chi connectivity index (χ4v) is 3.04. The number of aliphatic carboxylic acids is 1. The van der Waals surface area contributed by atoms with Crippen molar-refractivity contribution in [3.05, 3.63) is 0 Å². The van der Waals surface area contributed by atoms with Crippen molar-refractivity contribution in [3.8, 4) is 0 Å². The summed E-state index contributed by atoms with van der Waals surface area (Å²) in [6, 6.07) is -0.325. The molecule has 2 N–H and O–H groups in total. The Kier molecular flexibility index (Phi) is 6.80. The van der Waals surface area contributed by atoms with Gasteiger partial charge >= 0.3 is 5.97 Å². The molecule has 0 spiro atoms. The second-order valence-corrected chi connectivity index (χ2v) is 6.41. The average molecular weight is 271 g/mol. The zero-order chi connectivity index (χ0) is 14.4. The minimum atomic E-state index is -0.789. The molecule has 1 aliphatic rings. The van der Waals surface area contributed by atoms with Gasteiger partial charge in [0.1, 0.15) is 6.04 Å². The molecule has 0 radical (unpaired) electrons. The van der Waals surface area contributed by atoms with Gasteiger partial charge in [0, 0.05) is 12.6 Å². The molecule has 1 fully saturated rings. The van der Waals surface area contributed by atoms with Gasteiger partial charge in [-0.2, -0.15) is 0 Å². The molecule has 0 amide bonds. The van der Waals surface area contributed by atoms with Crippen molar-refractivity contribution in [2.24, 2.45) is 11.8 Å². The summed E-state index contributed by atoms with van der Waals surface area (Å²) >= 11 is 0. The number of carbonyl (C=O) groups is 1. The first-order valence-electron chi connectivity index (χ1n) is 7.49. The van der Waals surface area contributed by atoms with Gasteiger partial charge in [0.25, 0.3) is 0 Å². The quantitative estimate of drug-likeness (QED) is 0.747. The maximum absolute atomic E-state index is 11.1. The molecule has 1 rings (SSSR count). The first kappa shape index (κ1) is 16.4. The third-order valence-electron chi connectivity index (χ3n) is 3.73. The van der Waals surface area contributed by atoms with Crippen molar-refractivity contribution in [1.29, 1.82) is 0 Å². The Hall–Kier alpha value is -0.610. The van der Waals surface area contributed by atoms with E-state index in [0.717, 1.165) is 24.7 Å². The zero-order valence-electron chi connectivity index (χ0n) is 12.7. The van der Waals surface area contributed by atoms with Crippen LogP contribution in [0.4, 0.5) is 0 Å². The molecule has 4 nitrogen and oxygen atoms in total. The predicted octanol–water partition coefficient (Wildman–Crippen LogP) is 2.67. The van der Waals surface area contributed by atoms with Crippen LogP contribution in [0.5, 0.6) is 0 Å². The minimum absolute atomic E-state index is 0.177. The fraction of sp³-hybridized carbons (Fsp3) is 0.933. The van der Waals surface area contributed by atoms with Crippen LogP contribution in [0.2, 0.25) is 0 Å². The summed E-state index contributed by atoms with van der Waals surface area (Å²) in [5, 5.41) is 12.2. The van der Waals surface area contributed by atoms with E-state index in [1.165, 1.54) is 6.42 Å². The molecule has 4 heteroatoms. The molecular formula is C15H29NO3. The van der Waals surface area contributed by atoms with Crippen LogP contribution >= 0.6 is 0 Å². The summed E-state index contributed by atoms with van der Waals surface area (Å²) in [6.45, 7) is 8.99. The van der Waals surface area contributed by atoms with Crippen molar-refractivity contribution < 1.29 is 14.6 Å². The highest BCUT2D eigenvalue weighted by atomic mass is 16.5. The Morgan fingerprint density at radius 3 is 2.32 bits per heavy atom. The van der Waals surface area contributed by atoms with Crippen molar-refractivity contribution in [2.75, 3.05) is 6.61 Å². The van der Waals surface area contributed by atoms with E-state index in [4.69, 9.17) is 9.84 Å². The van der Waals surface area contributed by atoms with Gasteiger partial charge < -0.3 is 15.2 Å². The Morgan fingerprint density at radius 2 is 1.84 bits per heavy atom. The lowest BCUT2D eigenvalue weighted by molar-refractivity contribution is -0.140. The molecule has 1 saturated carbocycles. The van der Waals surface area contributed by atoms with Crippen LogP contribution in [-0.4, -0.2) is 35.9 Å². The second kappa shape index (κ2) is 7.85. The number of carboxylic acids is 1. The van der Waals surface area contributed by atoms with Gasteiger partial charge in [-0.15, -0.1) is 0 Å². The van der Waals surface area contributed by atoms with E-state index in [0.29, 0.717) is 19.1 Å². The van der Waals surface area contributed by atoms with E-state index in [1.54, 1.807) is 0 Å². The van der Waals surface area contributed by atoms with Crippen molar-refractivity contribution in [2.45, 2.75) is 71.6 Å². The third-order valence-corrected chi connectivity index (χ3v) is 3.73. The molecule has 19 heavy (non-hydrogen) atoms. The minimum Gasteiger partial charge on any atom is -0.480 e. The zero-order valence-corrected chi connectivity index (χ0v) is 12.7. The Labute approximate surface area is 116 Å². The third kappa shape index (κ3) is 6.39. The van der Waals surface area contributed by atoms with E-state index in [2.05, 4.69) is 19.2 Å². The van der Waals surface area contributed by atoms with Gasteiger partial charge in [-0.3, -0.25) is 4.79 Å². The monoisotopic (exact) mass is 271 g/mol. The number of rotatable bonds is 7. The maximum atomic E-state index is 11.1. The number of hydrogen-bond acceptors (Lipinski definition) is 3. The average Bonchev–Trinajstić information content (AvgIpc) is 2.25. The molecule has 0 aliphatic heterocycles. The number of nitrogens with one attached hydrogen (secondary N) is 1. The largest absolute Gasteiger partial charge is 0.480 e. The molecule has 0 aromatic rings. The van der Waals surface area contributed by atoms with E-state index in [-0.39, 0.29) is 6.04 Å². The maximum Gasteiger partial charge on any atom is 0.320 e. The summed E-state index contributed by atoms with van der Waals surface area (Å²) in [5.74, 6) is 0.651. The van der Waals surface area contributed by atoms with Gasteiger partial charge in [0.05, 0.1) is 6.10 Å². The molecule has 112 valence electrons. The number of carboxylic acid groups (broad SMARTS) is 1. The number of ether oxygens (including phenoxy) is 1. The predicted molar refractivity (Wildman–Crippen MR) is 76.2 cm³/mol. The van der Waals surface area contributed by atoms with E-state index in [9.17, 15) is 4.79 Å². The first-order chi connectivity index (χ1) is 8.88. The van der Waals surface area contributed by atoms with Crippen LogP contribution in [0.1, 0.15) is 53.4 Å². The molecule has 0 aromatic carbocycles. The molecule has 3 atom stereocenters. The lowest BCUT2D eigenvalue weighted by atomic mass is 9.82. The molecular weight excluding hydrogens is 242 g/mol. The van der Waals surface area contributed by atoms with Crippen LogP contribution in [0.3, 0.4) is 0 Å². The summed E-state index contributed by atoms with van der Waals surface area (Å²) in [5.41, 5.74) is 0. The van der Waals surface area contributed by atoms with Crippen LogP contribution < -0.4 is 5.32 Å². The summed E-state index contributed by atoms with van der Waals surface area (Å²) in [4.78, 5) is 11.1. The molecule has 0 aromatic heterocycles. The topological polar surface area (TPSA) is 58.6 Å². The molecule has 0 saturated heterocycles. The fourth-order valence-electron chi connectivity index (χ4n) is 3.04. The van der Waals surface area contributed by atoms with Gasteiger partial charge in [0.15, 0.2) is 0 Å². The Bertz CT molecular complexity index is 271. The standard InChI is InChI=1S/C15H29NO3/c1-10(2)16-14(15(17)18)5-6-19-13-8-11(3)7-12(4)9-13/h10-14,16H,5-9H2,1-4H3,(H,17,18). The normalized spacial score (nSPS) is 29.4. The highest BCUT2D eigenvalue weighted by molar-refractivity contribution is 5.73. The Balaban J connectivity index is 2.29. The molecule has 0 bridgehead atoms. The smallest absolute Gasteiger partial charge is 0.320 e. The van der Waals surface area contributed by atoms with E-state index in [1.807, 2.05) is 13.8 Å². The molecule has 1 aliphatic carbocycles. The first-order valence-corrected chi connectivity index (χ1v) is 7.49. The SMILES string of the molecule is CC1CC(C)CC(OCCC(NC(C)C)C(=O)O)C1. The van der Waals surface area contributed by atoms with Crippen LogP contribution in [0.25, 0.3) is 0 Å². The van der Waals surface area contributed by atoms with Crippen molar-refractivity contribution in [3.63, 3.8) is 0 Å².